The monoisotopic (exact) mass is 425 g/mol. The summed E-state index contributed by atoms with van der Waals surface area (Å²) in [4.78, 5) is 4.32. The maximum Gasteiger partial charge on any atom is 0.191 e. The number of hydrogen-bond acceptors (Lipinski definition) is 2. The van der Waals surface area contributed by atoms with Gasteiger partial charge in [-0.05, 0) is 36.5 Å². The summed E-state index contributed by atoms with van der Waals surface area (Å²) in [6, 6.07) is 11.1. The minimum absolute atomic E-state index is 0. The van der Waals surface area contributed by atoms with E-state index in [9.17, 15) is 0 Å². The van der Waals surface area contributed by atoms with Gasteiger partial charge in [-0.3, -0.25) is 9.67 Å². The second-order valence-corrected chi connectivity index (χ2v) is 5.62. The van der Waals surface area contributed by atoms with E-state index >= 15 is 0 Å². The number of guanidine groups is 1. The lowest BCUT2D eigenvalue weighted by molar-refractivity contribution is 0.516. The number of nitrogens with zero attached hydrogens (tertiary/aromatic N) is 3. The zero-order valence-corrected chi connectivity index (χ0v) is 15.7. The van der Waals surface area contributed by atoms with Gasteiger partial charge in [-0.25, -0.2) is 0 Å². The zero-order chi connectivity index (χ0) is 15.2. The van der Waals surface area contributed by atoms with Crippen molar-refractivity contribution in [2.75, 3.05) is 13.6 Å². The van der Waals surface area contributed by atoms with Crippen molar-refractivity contribution in [2.24, 2.45) is 4.99 Å². The van der Waals surface area contributed by atoms with Crippen LogP contribution in [0.1, 0.15) is 17.5 Å². The molecule has 1 aromatic carbocycles. The molecule has 6 heteroatoms. The standard InChI is InChI=1S/C17H23N5.HI/c1-18-17(19-10-12-22-11-4-9-20-22)21-16-8-7-14-5-2-3-6-15(14)13-16;/h2-6,9,11,16H,7-8,10,12-13H2,1H3,(H2,18,19,21);1H. The largest absolute Gasteiger partial charge is 0.355 e. The molecule has 2 N–H and O–H groups in total. The van der Waals surface area contributed by atoms with Crippen molar-refractivity contribution >= 4 is 29.9 Å². The van der Waals surface area contributed by atoms with Crippen molar-refractivity contribution in [3.8, 4) is 0 Å². The molecule has 0 saturated carbocycles. The van der Waals surface area contributed by atoms with Crippen LogP contribution in [-0.4, -0.2) is 35.4 Å². The molecule has 23 heavy (non-hydrogen) atoms. The second-order valence-electron chi connectivity index (χ2n) is 5.62. The second kappa shape index (κ2) is 8.90. The minimum atomic E-state index is 0. The van der Waals surface area contributed by atoms with E-state index in [0.717, 1.165) is 38.3 Å². The summed E-state index contributed by atoms with van der Waals surface area (Å²) in [6.07, 6.45) is 7.12. The smallest absolute Gasteiger partial charge is 0.191 e. The van der Waals surface area contributed by atoms with Crippen LogP contribution in [0.5, 0.6) is 0 Å². The molecule has 1 aliphatic carbocycles. The third-order valence-electron chi connectivity index (χ3n) is 4.10. The molecular formula is C17H24IN5. The van der Waals surface area contributed by atoms with Crippen molar-refractivity contribution in [3.63, 3.8) is 0 Å². The van der Waals surface area contributed by atoms with Crippen LogP contribution in [0.4, 0.5) is 0 Å². The fourth-order valence-electron chi connectivity index (χ4n) is 2.93. The number of aliphatic imine (C=N–C) groups is 1. The molecule has 1 atom stereocenters. The summed E-state index contributed by atoms with van der Waals surface area (Å²) in [5.41, 5.74) is 2.94. The molecule has 1 heterocycles. The highest BCUT2D eigenvalue weighted by molar-refractivity contribution is 14.0. The molecule has 0 saturated heterocycles. The molecule has 0 spiro atoms. The molecule has 0 bridgehead atoms. The maximum atomic E-state index is 4.32. The summed E-state index contributed by atoms with van der Waals surface area (Å²) in [7, 11) is 1.82. The van der Waals surface area contributed by atoms with Crippen LogP contribution in [-0.2, 0) is 19.4 Å². The summed E-state index contributed by atoms with van der Waals surface area (Å²) in [6.45, 7) is 1.64. The third-order valence-corrected chi connectivity index (χ3v) is 4.10. The van der Waals surface area contributed by atoms with Gasteiger partial charge < -0.3 is 10.6 Å². The Labute approximate surface area is 154 Å². The number of aryl methyl sites for hydroxylation is 1. The van der Waals surface area contributed by atoms with Crippen molar-refractivity contribution in [1.82, 2.24) is 20.4 Å². The Morgan fingerprint density at radius 3 is 2.87 bits per heavy atom. The Bertz CT molecular complexity index is 624. The first kappa shape index (κ1) is 17.8. The Morgan fingerprint density at radius 2 is 2.13 bits per heavy atom. The Kier molecular flexibility index (Phi) is 6.88. The van der Waals surface area contributed by atoms with E-state index in [1.165, 1.54) is 11.1 Å². The van der Waals surface area contributed by atoms with Gasteiger partial charge in [0.2, 0.25) is 0 Å². The predicted molar refractivity (Wildman–Crippen MR) is 104 cm³/mol. The number of rotatable bonds is 4. The lowest BCUT2D eigenvalue weighted by Gasteiger charge is -2.27. The lowest BCUT2D eigenvalue weighted by Crippen LogP contribution is -2.46. The van der Waals surface area contributed by atoms with Crippen LogP contribution in [0, 0.1) is 0 Å². The number of aromatic nitrogens is 2. The van der Waals surface area contributed by atoms with Crippen molar-refractivity contribution in [1.29, 1.82) is 0 Å². The van der Waals surface area contributed by atoms with Gasteiger partial charge in [-0.2, -0.15) is 5.10 Å². The Balaban J connectivity index is 0.00000192. The van der Waals surface area contributed by atoms with E-state index < -0.39 is 0 Å². The summed E-state index contributed by atoms with van der Waals surface area (Å²) in [5, 5.41) is 11.1. The van der Waals surface area contributed by atoms with E-state index in [2.05, 4.69) is 45.0 Å². The first-order chi connectivity index (χ1) is 10.8. The molecule has 1 aliphatic rings. The normalized spacial score (nSPS) is 17.1. The highest BCUT2D eigenvalue weighted by Crippen LogP contribution is 2.20. The molecular weight excluding hydrogens is 401 g/mol. The highest BCUT2D eigenvalue weighted by atomic mass is 127. The van der Waals surface area contributed by atoms with E-state index in [4.69, 9.17) is 0 Å². The van der Waals surface area contributed by atoms with Gasteiger partial charge in [-0.1, -0.05) is 24.3 Å². The van der Waals surface area contributed by atoms with Crippen LogP contribution in [0.3, 0.4) is 0 Å². The quantitative estimate of drug-likeness (QED) is 0.449. The number of fused-ring (bicyclic) bond motifs is 1. The van der Waals surface area contributed by atoms with E-state index in [1.54, 1.807) is 6.20 Å². The molecule has 3 rings (SSSR count). The summed E-state index contributed by atoms with van der Waals surface area (Å²) < 4.78 is 1.91. The van der Waals surface area contributed by atoms with Gasteiger partial charge in [0.25, 0.3) is 0 Å². The highest BCUT2D eigenvalue weighted by Gasteiger charge is 2.18. The average molecular weight is 425 g/mol. The van der Waals surface area contributed by atoms with Crippen LogP contribution < -0.4 is 10.6 Å². The fraction of sp³-hybridized carbons (Fsp3) is 0.412. The lowest BCUT2D eigenvalue weighted by atomic mass is 9.88. The molecule has 1 unspecified atom stereocenters. The topological polar surface area (TPSA) is 54.2 Å². The first-order valence-corrected chi connectivity index (χ1v) is 7.86. The van der Waals surface area contributed by atoms with Crippen molar-refractivity contribution in [2.45, 2.75) is 31.8 Å². The molecule has 1 aromatic heterocycles. The Hall–Kier alpha value is -1.57. The summed E-state index contributed by atoms with van der Waals surface area (Å²) in [5.74, 6) is 0.872. The summed E-state index contributed by atoms with van der Waals surface area (Å²) >= 11 is 0. The maximum absolute atomic E-state index is 4.32. The van der Waals surface area contributed by atoms with Crippen molar-refractivity contribution < 1.29 is 0 Å². The van der Waals surface area contributed by atoms with Crippen LogP contribution >= 0.6 is 24.0 Å². The van der Waals surface area contributed by atoms with Gasteiger partial charge in [0.15, 0.2) is 5.96 Å². The number of hydrogen-bond donors (Lipinski definition) is 2. The van der Waals surface area contributed by atoms with Crippen LogP contribution in [0.15, 0.2) is 47.7 Å². The van der Waals surface area contributed by atoms with Crippen molar-refractivity contribution in [3.05, 3.63) is 53.9 Å². The van der Waals surface area contributed by atoms with Crippen LogP contribution in [0.2, 0.25) is 0 Å². The molecule has 0 aliphatic heterocycles. The van der Waals surface area contributed by atoms with Gasteiger partial charge in [-0.15, -0.1) is 24.0 Å². The first-order valence-electron chi connectivity index (χ1n) is 7.86. The molecule has 2 aromatic rings. The van der Waals surface area contributed by atoms with Gasteiger partial charge in [0, 0.05) is 32.0 Å². The molecule has 0 fully saturated rings. The number of nitrogens with one attached hydrogen (secondary N) is 2. The predicted octanol–water partition coefficient (Wildman–Crippen LogP) is 2.22. The average Bonchev–Trinajstić information content (AvgIpc) is 3.07. The SMILES string of the molecule is CN=C(NCCn1cccn1)NC1CCc2ccccc2C1.I. The van der Waals surface area contributed by atoms with E-state index in [-0.39, 0.29) is 24.0 Å². The number of benzene rings is 1. The van der Waals surface area contributed by atoms with Crippen LogP contribution in [0.25, 0.3) is 0 Å². The molecule has 0 amide bonds. The van der Waals surface area contributed by atoms with E-state index in [1.807, 2.05) is 24.0 Å². The van der Waals surface area contributed by atoms with Gasteiger partial charge >= 0.3 is 0 Å². The Morgan fingerprint density at radius 1 is 1.30 bits per heavy atom. The number of halogens is 1. The van der Waals surface area contributed by atoms with E-state index in [0.29, 0.717) is 6.04 Å². The zero-order valence-electron chi connectivity index (χ0n) is 13.4. The van der Waals surface area contributed by atoms with Gasteiger partial charge in [0.1, 0.15) is 0 Å². The molecule has 124 valence electrons. The van der Waals surface area contributed by atoms with Gasteiger partial charge in [0.05, 0.1) is 6.54 Å². The molecule has 0 radical (unpaired) electrons. The third kappa shape index (κ3) is 4.95. The minimum Gasteiger partial charge on any atom is -0.355 e. The fourth-order valence-corrected chi connectivity index (χ4v) is 2.93. The molecule has 5 nitrogen and oxygen atoms in total.